The van der Waals surface area contributed by atoms with Gasteiger partial charge in [-0.2, -0.15) is 0 Å². The summed E-state index contributed by atoms with van der Waals surface area (Å²) < 4.78 is 5.39. The first-order valence-electron chi connectivity index (χ1n) is 12.8. The van der Waals surface area contributed by atoms with E-state index in [2.05, 4.69) is 39.4 Å². The number of amides is 1. The van der Waals surface area contributed by atoms with Gasteiger partial charge in [-0.3, -0.25) is 9.69 Å². The van der Waals surface area contributed by atoms with Gasteiger partial charge in [-0.1, -0.05) is 48.5 Å². The molecule has 5 N–H and O–H groups in total. The van der Waals surface area contributed by atoms with Gasteiger partial charge in [0.15, 0.2) is 0 Å². The predicted octanol–water partition coefficient (Wildman–Crippen LogP) is 1.38. The summed E-state index contributed by atoms with van der Waals surface area (Å²) in [5.41, 5.74) is 4.24. The minimum Gasteiger partial charge on any atom is -0.473 e. The number of morpholine rings is 1. The van der Waals surface area contributed by atoms with E-state index in [0.717, 1.165) is 60.6 Å². The minimum absolute atomic E-state index is 0.0250. The summed E-state index contributed by atoms with van der Waals surface area (Å²) in [6.45, 7) is 5.09. The first-order chi connectivity index (χ1) is 20.1. The van der Waals surface area contributed by atoms with Gasteiger partial charge in [0.1, 0.15) is 5.82 Å². The van der Waals surface area contributed by atoms with Crippen molar-refractivity contribution in [2.45, 2.75) is 13.0 Å². The van der Waals surface area contributed by atoms with Gasteiger partial charge in [-0.05, 0) is 18.1 Å². The zero-order valence-electron chi connectivity index (χ0n) is 22.4. The number of anilines is 2. The van der Waals surface area contributed by atoms with Gasteiger partial charge in [0.25, 0.3) is 0 Å². The van der Waals surface area contributed by atoms with E-state index in [-0.39, 0.29) is 5.91 Å². The van der Waals surface area contributed by atoms with Gasteiger partial charge in [0.05, 0.1) is 31.0 Å². The number of carboxylic acids is 4. The SMILES string of the molecule is O=C(CN1CCOCC1)Nc1c2c(nc3ccccc13)N(Cc1ccccc1)CC2.O=C(O)C(=O)O.O=C(O)C(=O)O. The average molecular weight is 583 g/mol. The number of aliphatic carboxylic acids is 4. The molecule has 14 heteroatoms. The molecule has 0 spiro atoms. The highest BCUT2D eigenvalue weighted by molar-refractivity contribution is 6.27. The maximum absolute atomic E-state index is 12.9. The van der Waals surface area contributed by atoms with Crippen LogP contribution in [0.3, 0.4) is 0 Å². The van der Waals surface area contributed by atoms with Crippen LogP contribution < -0.4 is 10.2 Å². The third-order valence-electron chi connectivity index (χ3n) is 6.22. The van der Waals surface area contributed by atoms with Gasteiger partial charge in [-0.25, -0.2) is 24.2 Å². The number of pyridine rings is 1. The Morgan fingerprint density at radius 2 is 1.36 bits per heavy atom. The number of benzene rings is 2. The second-order valence-electron chi connectivity index (χ2n) is 9.12. The lowest BCUT2D eigenvalue weighted by atomic mass is 10.1. The van der Waals surface area contributed by atoms with E-state index in [9.17, 15) is 4.79 Å². The van der Waals surface area contributed by atoms with Crippen LogP contribution in [0.2, 0.25) is 0 Å². The second-order valence-corrected chi connectivity index (χ2v) is 9.12. The van der Waals surface area contributed by atoms with Crippen LogP contribution in [0.15, 0.2) is 54.6 Å². The van der Waals surface area contributed by atoms with Crippen molar-refractivity contribution in [2.75, 3.05) is 49.6 Å². The van der Waals surface area contributed by atoms with Gasteiger partial charge in [0.2, 0.25) is 5.91 Å². The topological polar surface area (TPSA) is 207 Å². The van der Waals surface area contributed by atoms with Crippen molar-refractivity contribution in [1.29, 1.82) is 0 Å². The molecule has 3 heterocycles. The quantitative estimate of drug-likeness (QED) is 0.270. The van der Waals surface area contributed by atoms with Crippen LogP contribution in [-0.2, 0) is 41.7 Å². The van der Waals surface area contributed by atoms with E-state index < -0.39 is 23.9 Å². The van der Waals surface area contributed by atoms with Crippen molar-refractivity contribution >= 4 is 52.2 Å². The molecule has 1 amide bonds. The third-order valence-corrected chi connectivity index (χ3v) is 6.22. The summed E-state index contributed by atoms with van der Waals surface area (Å²) in [7, 11) is 0. The highest BCUT2D eigenvalue weighted by atomic mass is 16.5. The van der Waals surface area contributed by atoms with Gasteiger partial charge < -0.3 is 35.4 Å². The number of aromatic nitrogens is 1. The Hall–Kier alpha value is -5.08. The zero-order valence-corrected chi connectivity index (χ0v) is 22.4. The van der Waals surface area contributed by atoms with Crippen LogP contribution in [0.1, 0.15) is 11.1 Å². The van der Waals surface area contributed by atoms with E-state index >= 15 is 0 Å². The molecule has 1 saturated heterocycles. The van der Waals surface area contributed by atoms with Crippen LogP contribution >= 0.6 is 0 Å². The Bertz CT molecular complexity index is 1390. The largest absolute Gasteiger partial charge is 0.473 e. The number of hydrogen-bond donors (Lipinski definition) is 5. The lowest BCUT2D eigenvalue weighted by Crippen LogP contribution is -2.41. The molecule has 3 aromatic rings. The van der Waals surface area contributed by atoms with Crippen molar-refractivity contribution in [3.8, 4) is 0 Å². The normalized spacial score (nSPS) is 14.0. The fourth-order valence-electron chi connectivity index (χ4n) is 4.33. The molecular weight excluding hydrogens is 552 g/mol. The standard InChI is InChI=1S/C24H26N4O2.2C2H2O4/c29-22(17-27-12-14-30-15-13-27)26-23-19-8-4-5-9-21(19)25-24-20(23)10-11-28(24)16-18-6-2-1-3-7-18;2*3-1(4)2(5)6/h1-9H,10-17H2,(H,25,26,29);2*(H,3,4)(H,5,6). The fraction of sp³-hybridized carbons (Fsp3) is 0.286. The highest BCUT2D eigenvalue weighted by Gasteiger charge is 2.27. The number of carbonyl (C=O) groups is 5. The van der Waals surface area contributed by atoms with Crippen molar-refractivity contribution < 1.29 is 49.1 Å². The summed E-state index contributed by atoms with van der Waals surface area (Å²) in [6, 6.07) is 18.5. The van der Waals surface area contributed by atoms with Crippen LogP contribution in [0.4, 0.5) is 11.5 Å². The molecule has 2 aromatic carbocycles. The number of hydrogen-bond acceptors (Lipinski definition) is 9. The first-order valence-corrected chi connectivity index (χ1v) is 12.8. The van der Waals surface area contributed by atoms with Gasteiger partial charge in [0, 0.05) is 37.1 Å². The molecule has 1 aromatic heterocycles. The minimum atomic E-state index is -1.82. The van der Waals surface area contributed by atoms with Crippen molar-refractivity contribution in [2.24, 2.45) is 0 Å². The molecule has 0 saturated carbocycles. The Morgan fingerprint density at radius 1 is 0.786 bits per heavy atom. The van der Waals surface area contributed by atoms with E-state index in [1.165, 1.54) is 5.56 Å². The number of fused-ring (bicyclic) bond motifs is 2. The number of rotatable bonds is 5. The maximum atomic E-state index is 12.9. The lowest BCUT2D eigenvalue weighted by molar-refractivity contribution is -0.159. The number of ether oxygens (including phenoxy) is 1. The molecule has 1 fully saturated rings. The number of nitrogens with one attached hydrogen (secondary N) is 1. The molecule has 2 aliphatic heterocycles. The summed E-state index contributed by atoms with van der Waals surface area (Å²) in [4.78, 5) is 58.7. The summed E-state index contributed by atoms with van der Waals surface area (Å²) in [6.07, 6.45) is 0.882. The van der Waals surface area contributed by atoms with E-state index in [1.807, 2.05) is 30.3 Å². The van der Waals surface area contributed by atoms with Crippen LogP contribution in [0.25, 0.3) is 10.9 Å². The van der Waals surface area contributed by atoms with Gasteiger partial charge in [-0.15, -0.1) is 0 Å². The molecule has 14 nitrogen and oxygen atoms in total. The summed E-state index contributed by atoms with van der Waals surface area (Å²) in [5, 5.41) is 33.8. The molecule has 5 rings (SSSR count). The van der Waals surface area contributed by atoms with Crippen LogP contribution in [0.5, 0.6) is 0 Å². The van der Waals surface area contributed by atoms with E-state index in [1.54, 1.807) is 0 Å². The molecule has 42 heavy (non-hydrogen) atoms. The molecular formula is C28H30N4O10. The molecule has 0 aliphatic carbocycles. The number of carbonyl (C=O) groups excluding carboxylic acids is 1. The monoisotopic (exact) mass is 582 g/mol. The first kappa shape index (κ1) is 31.4. The number of nitrogens with zero attached hydrogens (tertiary/aromatic N) is 3. The van der Waals surface area contributed by atoms with Crippen molar-refractivity contribution in [3.05, 3.63) is 65.7 Å². The number of para-hydroxylation sites is 1. The van der Waals surface area contributed by atoms with Gasteiger partial charge >= 0.3 is 23.9 Å². The second kappa shape index (κ2) is 15.1. The summed E-state index contributed by atoms with van der Waals surface area (Å²) >= 11 is 0. The molecule has 0 bridgehead atoms. The van der Waals surface area contributed by atoms with Crippen LogP contribution in [-0.4, -0.2) is 99.5 Å². The fourth-order valence-corrected chi connectivity index (χ4v) is 4.33. The molecule has 0 radical (unpaired) electrons. The summed E-state index contributed by atoms with van der Waals surface area (Å²) in [5.74, 6) is -6.29. The lowest BCUT2D eigenvalue weighted by Gasteiger charge is -2.26. The Balaban J connectivity index is 0.000000342. The Labute approximate surface area is 239 Å². The van der Waals surface area contributed by atoms with Crippen molar-refractivity contribution in [3.63, 3.8) is 0 Å². The molecule has 222 valence electrons. The zero-order chi connectivity index (χ0) is 30.6. The maximum Gasteiger partial charge on any atom is 0.414 e. The van der Waals surface area contributed by atoms with E-state index in [4.69, 9.17) is 49.3 Å². The van der Waals surface area contributed by atoms with Crippen LogP contribution in [0, 0.1) is 0 Å². The third kappa shape index (κ3) is 8.97. The predicted molar refractivity (Wildman–Crippen MR) is 149 cm³/mol. The van der Waals surface area contributed by atoms with E-state index in [0.29, 0.717) is 19.8 Å². The molecule has 2 aliphatic rings. The van der Waals surface area contributed by atoms with Crippen molar-refractivity contribution in [1.82, 2.24) is 9.88 Å². The molecule has 0 unspecified atom stereocenters. The average Bonchev–Trinajstić information content (AvgIpc) is 3.36. The highest BCUT2D eigenvalue weighted by Crippen LogP contribution is 2.38. The number of carboxylic acid groups (broad SMARTS) is 4. The smallest absolute Gasteiger partial charge is 0.414 e. The Kier molecular flexibility index (Phi) is 11.3. The molecule has 0 atom stereocenters. The Morgan fingerprint density at radius 3 is 1.95 bits per heavy atom.